The summed E-state index contributed by atoms with van der Waals surface area (Å²) in [5.74, 6) is 0.0821. The molecular weight excluding hydrogens is 734 g/mol. The Hall–Kier alpha value is -3.42. The third kappa shape index (κ3) is 9.57. The summed E-state index contributed by atoms with van der Waals surface area (Å²) in [6.45, 7) is 24.2. The van der Waals surface area contributed by atoms with Crippen LogP contribution in [-0.2, 0) is 9.59 Å². The summed E-state index contributed by atoms with van der Waals surface area (Å²) in [6.07, 6.45) is 10.6. The maximum absolute atomic E-state index is 13.3. The van der Waals surface area contributed by atoms with E-state index in [0.717, 1.165) is 11.1 Å². The number of nitrogens with zero attached hydrogens (tertiary/aromatic N) is 4. The predicted molar refractivity (Wildman–Crippen MR) is 217 cm³/mol. The van der Waals surface area contributed by atoms with Crippen LogP contribution in [0, 0.1) is 21.7 Å². The lowest BCUT2D eigenvalue weighted by Crippen LogP contribution is -2.27. The molecule has 0 bridgehead atoms. The number of halogens is 4. The van der Waals surface area contributed by atoms with Crippen LogP contribution in [0.1, 0.15) is 83.1 Å². The van der Waals surface area contributed by atoms with Crippen molar-refractivity contribution in [3.8, 4) is 11.1 Å². The Morgan fingerprint density at radius 2 is 0.865 bits per heavy atom. The van der Waals surface area contributed by atoms with Crippen molar-refractivity contribution in [3.05, 3.63) is 114 Å². The van der Waals surface area contributed by atoms with Gasteiger partial charge in [-0.25, -0.2) is 0 Å². The molecule has 0 aliphatic heterocycles. The number of carbonyl (C=O) groups is 2. The summed E-state index contributed by atoms with van der Waals surface area (Å²) in [5, 5.41) is 18.6. The van der Waals surface area contributed by atoms with E-state index in [-0.39, 0.29) is 43.3 Å². The van der Waals surface area contributed by atoms with Crippen molar-refractivity contribution in [2.45, 2.75) is 83.1 Å². The van der Waals surface area contributed by atoms with Crippen LogP contribution in [-0.4, -0.2) is 11.6 Å². The monoisotopic (exact) mass is 778 g/mol. The van der Waals surface area contributed by atoms with Gasteiger partial charge in [0.1, 0.15) is 11.4 Å². The number of hydrogen-bond donors (Lipinski definition) is 0. The molecule has 0 heterocycles. The second kappa shape index (κ2) is 15.1. The SMILES string of the molecule is CC(C)(C)C1=CC(=CN=Nc2cc(Cl)c(-c3cc(Cl)cc(N=NC=C4C=C(C(C)(C)C)C(=O)C(C(C)(C)C)=C4)c3Cl)cc2Cl)C=C(C(C)(C)C)C1=O. The first-order valence-electron chi connectivity index (χ1n) is 17.0. The third-order valence-corrected chi connectivity index (χ3v) is 9.77. The first kappa shape index (κ1) is 41.3. The van der Waals surface area contributed by atoms with E-state index in [1.54, 1.807) is 36.7 Å². The van der Waals surface area contributed by atoms with E-state index in [1.807, 2.05) is 107 Å². The van der Waals surface area contributed by atoms with Crippen LogP contribution in [0.2, 0.25) is 20.1 Å². The number of rotatable bonds is 5. The van der Waals surface area contributed by atoms with Gasteiger partial charge in [0, 0.05) is 38.4 Å². The molecule has 6 nitrogen and oxygen atoms in total. The summed E-state index contributed by atoms with van der Waals surface area (Å²) in [6, 6.07) is 6.54. The van der Waals surface area contributed by atoms with E-state index in [0.29, 0.717) is 54.8 Å². The van der Waals surface area contributed by atoms with Gasteiger partial charge in [-0.1, -0.05) is 129 Å². The second-order valence-electron chi connectivity index (χ2n) is 17.1. The van der Waals surface area contributed by atoms with Gasteiger partial charge in [0.15, 0.2) is 11.6 Å². The first-order chi connectivity index (χ1) is 23.8. The smallest absolute Gasteiger partial charge is 0.186 e. The number of azo groups is 2. The molecule has 0 saturated heterocycles. The van der Waals surface area contributed by atoms with Crippen molar-refractivity contribution in [3.63, 3.8) is 0 Å². The highest BCUT2D eigenvalue weighted by Crippen LogP contribution is 2.45. The lowest BCUT2D eigenvalue weighted by Gasteiger charge is -2.31. The van der Waals surface area contributed by atoms with Crippen molar-refractivity contribution in [2.75, 3.05) is 0 Å². The van der Waals surface area contributed by atoms with Crippen LogP contribution in [0.5, 0.6) is 0 Å². The fraction of sp³-hybridized carbons (Fsp3) is 0.381. The van der Waals surface area contributed by atoms with E-state index in [9.17, 15) is 9.59 Å². The topological polar surface area (TPSA) is 83.6 Å². The number of benzene rings is 2. The van der Waals surface area contributed by atoms with E-state index >= 15 is 0 Å². The van der Waals surface area contributed by atoms with Gasteiger partial charge in [0.05, 0.1) is 27.5 Å². The highest BCUT2D eigenvalue weighted by molar-refractivity contribution is 6.40. The molecule has 0 fully saturated rings. The van der Waals surface area contributed by atoms with E-state index in [4.69, 9.17) is 46.4 Å². The average molecular weight is 781 g/mol. The molecule has 2 aromatic carbocycles. The van der Waals surface area contributed by atoms with Crippen LogP contribution in [0.3, 0.4) is 0 Å². The van der Waals surface area contributed by atoms with Crippen LogP contribution in [0.15, 0.2) is 115 Å². The number of Topliss-reactive ketones (excluding diaryl/α,β-unsaturated/α-hetero) is 2. The minimum atomic E-state index is -0.351. The lowest BCUT2D eigenvalue weighted by atomic mass is 9.72. The Labute approximate surface area is 328 Å². The molecule has 2 aromatic rings. The number of hydrogen-bond acceptors (Lipinski definition) is 6. The molecule has 52 heavy (non-hydrogen) atoms. The zero-order valence-electron chi connectivity index (χ0n) is 31.9. The number of ketones is 2. The molecular formula is C42H46Cl4N4O2. The summed E-state index contributed by atoms with van der Waals surface area (Å²) in [7, 11) is 0. The normalized spacial score (nSPS) is 16.4. The number of allylic oxidation sites excluding steroid dienone is 10. The van der Waals surface area contributed by atoms with Crippen LogP contribution >= 0.6 is 46.4 Å². The van der Waals surface area contributed by atoms with Crippen molar-refractivity contribution in [1.29, 1.82) is 0 Å². The molecule has 2 aliphatic carbocycles. The first-order valence-corrected chi connectivity index (χ1v) is 18.5. The molecule has 274 valence electrons. The van der Waals surface area contributed by atoms with Crippen LogP contribution in [0.25, 0.3) is 11.1 Å². The van der Waals surface area contributed by atoms with Gasteiger partial charge in [-0.3, -0.25) is 9.59 Å². The zero-order chi connectivity index (χ0) is 39.1. The Bertz CT molecular complexity index is 2010. The predicted octanol–water partition coefficient (Wildman–Crippen LogP) is 15.0. The minimum Gasteiger partial charge on any atom is -0.289 e. The van der Waals surface area contributed by atoms with Crippen LogP contribution in [0.4, 0.5) is 11.4 Å². The Balaban J connectivity index is 1.68. The minimum absolute atomic E-state index is 0.0391. The van der Waals surface area contributed by atoms with E-state index in [2.05, 4.69) is 20.5 Å². The third-order valence-electron chi connectivity index (χ3n) is 8.54. The molecule has 0 atom stereocenters. The second-order valence-corrected chi connectivity index (χ2v) is 18.8. The average Bonchev–Trinajstić information content (AvgIpc) is 2.99. The highest BCUT2D eigenvalue weighted by atomic mass is 35.5. The maximum atomic E-state index is 13.3. The van der Waals surface area contributed by atoms with Crippen molar-refractivity contribution in [2.24, 2.45) is 42.1 Å². The van der Waals surface area contributed by atoms with E-state index in [1.165, 1.54) is 0 Å². The standard InChI is InChI=1S/C42H46Cl4N4O2/c1-39(2,3)28-13-23(14-29(37(28)51)40(4,5)6)21-47-49-34-20-32(44)26(19-33(34)45)27-17-25(43)18-35(36(27)46)50-48-22-24-15-30(41(7,8)9)38(52)31(16-24)42(10,11)12/h13-22H,1-12H3. The molecule has 0 radical (unpaired) electrons. The summed E-state index contributed by atoms with van der Waals surface area (Å²) in [4.78, 5) is 26.6. The Morgan fingerprint density at radius 1 is 0.481 bits per heavy atom. The molecule has 0 N–H and O–H groups in total. The molecule has 2 aliphatic rings. The summed E-state index contributed by atoms with van der Waals surface area (Å²) < 4.78 is 0. The van der Waals surface area contributed by atoms with Gasteiger partial charge in [0.2, 0.25) is 0 Å². The zero-order valence-corrected chi connectivity index (χ0v) is 34.9. The van der Waals surface area contributed by atoms with Crippen molar-refractivity contribution in [1.82, 2.24) is 0 Å². The number of carbonyl (C=O) groups excluding carboxylic acids is 2. The molecule has 0 saturated carbocycles. The summed E-state index contributed by atoms with van der Waals surface area (Å²) in [5.41, 5.74) is 4.66. The molecule has 4 rings (SSSR count). The molecule has 10 heteroatoms. The Morgan fingerprint density at radius 3 is 1.25 bits per heavy atom. The van der Waals surface area contributed by atoms with Gasteiger partial charge < -0.3 is 0 Å². The Kier molecular flexibility index (Phi) is 12.0. The van der Waals surface area contributed by atoms with Gasteiger partial charge in [-0.15, -0.1) is 10.2 Å². The lowest BCUT2D eigenvalue weighted by molar-refractivity contribution is -0.114. The quantitative estimate of drug-likeness (QED) is 0.283. The molecule has 0 spiro atoms. The maximum Gasteiger partial charge on any atom is 0.186 e. The van der Waals surface area contributed by atoms with Crippen LogP contribution < -0.4 is 0 Å². The molecule has 0 amide bonds. The highest BCUT2D eigenvalue weighted by Gasteiger charge is 2.35. The van der Waals surface area contributed by atoms with E-state index < -0.39 is 0 Å². The van der Waals surface area contributed by atoms with Gasteiger partial charge in [0.25, 0.3) is 0 Å². The fourth-order valence-corrected chi connectivity index (χ4v) is 6.58. The van der Waals surface area contributed by atoms with Crippen molar-refractivity contribution < 1.29 is 9.59 Å². The largest absolute Gasteiger partial charge is 0.289 e. The van der Waals surface area contributed by atoms with Gasteiger partial charge in [-0.2, -0.15) is 10.2 Å². The van der Waals surface area contributed by atoms with Gasteiger partial charge >= 0.3 is 0 Å². The fourth-order valence-electron chi connectivity index (χ4n) is 5.66. The van der Waals surface area contributed by atoms with Gasteiger partial charge in [-0.05, 0) is 81.4 Å². The summed E-state index contributed by atoms with van der Waals surface area (Å²) >= 11 is 26.9. The van der Waals surface area contributed by atoms with Crippen molar-refractivity contribution >= 4 is 69.3 Å². The molecule has 0 unspecified atom stereocenters. The molecule has 0 aromatic heterocycles.